The summed E-state index contributed by atoms with van der Waals surface area (Å²) >= 11 is 0. The third-order valence-corrected chi connectivity index (χ3v) is 4.98. The van der Waals surface area contributed by atoms with Crippen LogP contribution in [0.2, 0.25) is 0 Å². The SMILES string of the molecule is CCOC(=O)CNC(=O)C(CCS(C)(=O)=O)N1Cc2ccccc2C1=O. The molecule has 9 heteroatoms. The van der Waals surface area contributed by atoms with E-state index in [4.69, 9.17) is 4.74 Å². The van der Waals surface area contributed by atoms with Gasteiger partial charge >= 0.3 is 5.97 Å². The molecule has 1 aliphatic heterocycles. The average molecular weight is 382 g/mol. The molecular weight excluding hydrogens is 360 g/mol. The lowest BCUT2D eigenvalue weighted by atomic mass is 10.1. The predicted molar refractivity (Wildman–Crippen MR) is 94.1 cm³/mol. The minimum atomic E-state index is -3.32. The van der Waals surface area contributed by atoms with Crippen LogP contribution in [-0.4, -0.2) is 62.3 Å². The van der Waals surface area contributed by atoms with Gasteiger partial charge in [0, 0.05) is 18.4 Å². The maximum Gasteiger partial charge on any atom is 0.325 e. The van der Waals surface area contributed by atoms with E-state index in [2.05, 4.69) is 5.32 Å². The third-order valence-electron chi connectivity index (χ3n) is 4.00. The molecule has 0 saturated carbocycles. The highest BCUT2D eigenvalue weighted by atomic mass is 32.2. The van der Waals surface area contributed by atoms with Gasteiger partial charge in [0.15, 0.2) is 0 Å². The van der Waals surface area contributed by atoms with E-state index in [0.717, 1.165) is 11.8 Å². The van der Waals surface area contributed by atoms with Crippen LogP contribution in [0.4, 0.5) is 0 Å². The standard InChI is InChI=1S/C17H22N2O6S/c1-3-25-15(20)10-18-16(21)14(8-9-26(2,23)24)19-11-12-6-4-5-7-13(12)17(19)22/h4-7,14H,3,8-11H2,1-2H3,(H,18,21). The Morgan fingerprint density at radius 3 is 2.62 bits per heavy atom. The highest BCUT2D eigenvalue weighted by molar-refractivity contribution is 7.90. The van der Waals surface area contributed by atoms with Gasteiger partial charge in [-0.25, -0.2) is 8.42 Å². The lowest BCUT2D eigenvalue weighted by Crippen LogP contribution is -2.49. The number of rotatable bonds is 8. The first kappa shape index (κ1) is 19.9. The molecule has 1 atom stereocenters. The number of hydrogen-bond donors (Lipinski definition) is 1. The maximum absolute atomic E-state index is 12.6. The van der Waals surface area contributed by atoms with Crippen molar-refractivity contribution in [1.82, 2.24) is 10.2 Å². The Bertz CT molecular complexity index is 805. The third kappa shape index (κ3) is 5.04. The van der Waals surface area contributed by atoms with Crippen molar-refractivity contribution in [2.24, 2.45) is 0 Å². The number of amides is 2. The monoisotopic (exact) mass is 382 g/mol. The van der Waals surface area contributed by atoms with Crippen molar-refractivity contribution in [2.45, 2.75) is 25.9 Å². The summed E-state index contributed by atoms with van der Waals surface area (Å²) in [6, 6.07) is 5.99. The Balaban J connectivity index is 2.15. The molecule has 1 unspecified atom stereocenters. The quantitative estimate of drug-likeness (QED) is 0.640. The minimum Gasteiger partial charge on any atom is -0.465 e. The number of ether oxygens (including phenoxy) is 1. The molecule has 0 aliphatic carbocycles. The fraction of sp³-hybridized carbons (Fsp3) is 0.471. The van der Waals surface area contributed by atoms with Gasteiger partial charge in [-0.05, 0) is 25.0 Å². The molecule has 1 aliphatic rings. The van der Waals surface area contributed by atoms with Gasteiger partial charge in [-0.2, -0.15) is 0 Å². The fourth-order valence-electron chi connectivity index (χ4n) is 2.77. The van der Waals surface area contributed by atoms with Crippen LogP contribution in [0, 0.1) is 0 Å². The van der Waals surface area contributed by atoms with Gasteiger partial charge in [-0.3, -0.25) is 14.4 Å². The van der Waals surface area contributed by atoms with Crippen LogP contribution in [0.15, 0.2) is 24.3 Å². The van der Waals surface area contributed by atoms with Crippen molar-refractivity contribution < 1.29 is 27.5 Å². The molecule has 1 heterocycles. The van der Waals surface area contributed by atoms with Crippen LogP contribution in [0.1, 0.15) is 29.3 Å². The molecule has 0 fully saturated rings. The van der Waals surface area contributed by atoms with Crippen molar-refractivity contribution in [3.8, 4) is 0 Å². The fourth-order valence-corrected chi connectivity index (χ4v) is 3.42. The number of carbonyl (C=O) groups excluding carboxylic acids is 3. The van der Waals surface area contributed by atoms with E-state index in [1.54, 1.807) is 31.2 Å². The van der Waals surface area contributed by atoms with Crippen LogP contribution in [-0.2, 0) is 30.7 Å². The molecular formula is C17H22N2O6S. The van der Waals surface area contributed by atoms with Gasteiger partial charge in [0.05, 0.1) is 12.4 Å². The van der Waals surface area contributed by atoms with E-state index in [1.807, 2.05) is 0 Å². The van der Waals surface area contributed by atoms with Crippen molar-refractivity contribution in [3.63, 3.8) is 0 Å². The Morgan fingerprint density at radius 1 is 1.31 bits per heavy atom. The Labute approximate surface area is 152 Å². The van der Waals surface area contributed by atoms with Gasteiger partial charge in [0.1, 0.15) is 22.4 Å². The van der Waals surface area contributed by atoms with Crippen LogP contribution >= 0.6 is 0 Å². The van der Waals surface area contributed by atoms with Gasteiger partial charge in [-0.15, -0.1) is 0 Å². The molecule has 1 N–H and O–H groups in total. The van der Waals surface area contributed by atoms with Gasteiger partial charge in [0.25, 0.3) is 5.91 Å². The number of nitrogens with zero attached hydrogens (tertiary/aromatic N) is 1. The van der Waals surface area contributed by atoms with Crippen LogP contribution in [0.3, 0.4) is 0 Å². The summed E-state index contributed by atoms with van der Waals surface area (Å²) in [5.41, 5.74) is 1.27. The molecule has 0 saturated heterocycles. The molecule has 1 aromatic carbocycles. The number of benzene rings is 1. The zero-order valence-electron chi connectivity index (χ0n) is 14.7. The van der Waals surface area contributed by atoms with E-state index in [0.29, 0.717) is 5.56 Å². The van der Waals surface area contributed by atoms with Crippen molar-refractivity contribution in [3.05, 3.63) is 35.4 Å². The van der Waals surface area contributed by atoms with E-state index >= 15 is 0 Å². The zero-order chi connectivity index (χ0) is 19.3. The van der Waals surface area contributed by atoms with Crippen LogP contribution in [0.5, 0.6) is 0 Å². The second-order valence-corrected chi connectivity index (χ2v) is 8.31. The summed E-state index contributed by atoms with van der Waals surface area (Å²) in [6.45, 7) is 1.72. The van der Waals surface area contributed by atoms with Gasteiger partial charge in [-0.1, -0.05) is 18.2 Å². The normalized spacial score (nSPS) is 14.7. The first-order valence-corrected chi connectivity index (χ1v) is 10.3. The maximum atomic E-state index is 12.6. The van der Waals surface area contributed by atoms with Gasteiger partial charge < -0.3 is 15.0 Å². The van der Waals surface area contributed by atoms with E-state index in [-0.39, 0.29) is 37.8 Å². The molecule has 0 spiro atoms. The van der Waals surface area contributed by atoms with Crippen LogP contribution in [0.25, 0.3) is 0 Å². The number of sulfone groups is 1. The number of carbonyl (C=O) groups is 3. The van der Waals surface area contributed by atoms with Crippen LogP contribution < -0.4 is 5.32 Å². The van der Waals surface area contributed by atoms with E-state index in [9.17, 15) is 22.8 Å². The smallest absolute Gasteiger partial charge is 0.325 e. The molecule has 142 valence electrons. The number of esters is 1. The number of nitrogens with one attached hydrogen (secondary N) is 1. The van der Waals surface area contributed by atoms with Crippen molar-refractivity contribution >= 4 is 27.6 Å². The summed E-state index contributed by atoms with van der Waals surface area (Å²) in [4.78, 5) is 37.9. The Hall–Kier alpha value is -2.42. The van der Waals surface area contributed by atoms with E-state index < -0.39 is 27.8 Å². The molecule has 2 rings (SSSR count). The van der Waals surface area contributed by atoms with E-state index in [1.165, 1.54) is 4.90 Å². The zero-order valence-corrected chi connectivity index (χ0v) is 15.5. The Morgan fingerprint density at radius 2 is 2.00 bits per heavy atom. The molecule has 0 bridgehead atoms. The minimum absolute atomic E-state index is 0.0484. The molecule has 0 radical (unpaired) electrons. The Kier molecular flexibility index (Phi) is 6.36. The van der Waals surface area contributed by atoms with Crippen molar-refractivity contribution in [2.75, 3.05) is 25.2 Å². The predicted octanol–water partition coefficient (Wildman–Crippen LogP) is 0.125. The summed E-state index contributed by atoms with van der Waals surface area (Å²) in [5, 5.41) is 2.43. The second-order valence-electron chi connectivity index (χ2n) is 6.05. The first-order chi connectivity index (χ1) is 12.2. The molecule has 26 heavy (non-hydrogen) atoms. The second kappa shape index (κ2) is 8.31. The largest absolute Gasteiger partial charge is 0.465 e. The summed E-state index contributed by atoms with van der Waals surface area (Å²) in [7, 11) is -3.32. The van der Waals surface area contributed by atoms with Crippen molar-refractivity contribution in [1.29, 1.82) is 0 Å². The molecule has 8 nitrogen and oxygen atoms in total. The number of hydrogen-bond acceptors (Lipinski definition) is 6. The number of fused-ring (bicyclic) bond motifs is 1. The molecule has 0 aromatic heterocycles. The summed E-state index contributed by atoms with van der Waals surface area (Å²) < 4.78 is 27.8. The topological polar surface area (TPSA) is 110 Å². The lowest BCUT2D eigenvalue weighted by Gasteiger charge is -2.26. The highest BCUT2D eigenvalue weighted by Gasteiger charge is 2.36. The molecule has 2 amide bonds. The first-order valence-electron chi connectivity index (χ1n) is 8.23. The van der Waals surface area contributed by atoms with Gasteiger partial charge in [0.2, 0.25) is 5.91 Å². The highest BCUT2D eigenvalue weighted by Crippen LogP contribution is 2.25. The summed E-state index contributed by atoms with van der Waals surface area (Å²) in [6.07, 6.45) is 1.02. The lowest BCUT2D eigenvalue weighted by molar-refractivity contribution is -0.143. The average Bonchev–Trinajstić information content (AvgIpc) is 2.90. The molecule has 1 aromatic rings. The summed E-state index contributed by atoms with van der Waals surface area (Å²) in [5.74, 6) is -1.75.